The first-order valence-corrected chi connectivity index (χ1v) is 3.79. The third kappa shape index (κ3) is 0.828. The van der Waals surface area contributed by atoms with Crippen LogP contribution in [0.4, 0.5) is 0 Å². The molecule has 0 aliphatic rings. The molecular formula is C7H4BNS. The van der Waals surface area contributed by atoms with E-state index >= 15 is 0 Å². The summed E-state index contributed by atoms with van der Waals surface area (Å²) in [5, 5.41) is 0. The minimum Gasteiger partial charge on any atom is -0.253 e. The summed E-state index contributed by atoms with van der Waals surface area (Å²) in [5.41, 5.74) is 0.991. The summed E-state index contributed by atoms with van der Waals surface area (Å²) in [7, 11) is 5.50. The van der Waals surface area contributed by atoms with Crippen molar-refractivity contribution in [1.29, 1.82) is 0 Å². The van der Waals surface area contributed by atoms with Crippen molar-refractivity contribution in [1.82, 2.24) is 4.98 Å². The Balaban J connectivity index is 2.88. The Hall–Kier alpha value is -0.825. The van der Waals surface area contributed by atoms with Gasteiger partial charge in [0.2, 0.25) is 0 Å². The Morgan fingerprint density at radius 1 is 1.30 bits per heavy atom. The van der Waals surface area contributed by atoms with Gasteiger partial charge in [0.1, 0.15) is 0 Å². The standard InChI is InChI=1S/C7H4BNS/c8-7-9-5-3-1-2-4-6(5)10-7/h1-4H. The van der Waals surface area contributed by atoms with Gasteiger partial charge < -0.3 is 0 Å². The molecule has 0 N–H and O–H groups in total. The molecule has 3 heteroatoms. The Kier molecular flexibility index (Phi) is 1.24. The number of thiazole rings is 1. The SMILES string of the molecule is [B]c1nc2ccccc2s1. The van der Waals surface area contributed by atoms with Crippen molar-refractivity contribution in [3.05, 3.63) is 24.3 Å². The highest BCUT2D eigenvalue weighted by molar-refractivity contribution is 7.25. The van der Waals surface area contributed by atoms with Crippen molar-refractivity contribution in [2.75, 3.05) is 0 Å². The smallest absolute Gasteiger partial charge is 0.157 e. The highest BCUT2D eigenvalue weighted by Gasteiger charge is 1.95. The Morgan fingerprint density at radius 2 is 2.10 bits per heavy atom. The van der Waals surface area contributed by atoms with E-state index in [-0.39, 0.29) is 0 Å². The van der Waals surface area contributed by atoms with Crippen molar-refractivity contribution < 1.29 is 0 Å². The predicted octanol–water partition coefficient (Wildman–Crippen LogP) is 1.09. The molecule has 10 heavy (non-hydrogen) atoms. The third-order valence-corrected chi connectivity index (χ3v) is 2.18. The summed E-state index contributed by atoms with van der Waals surface area (Å²) in [6.07, 6.45) is 0. The fourth-order valence-corrected chi connectivity index (χ4v) is 1.62. The topological polar surface area (TPSA) is 12.9 Å². The second-order valence-electron chi connectivity index (χ2n) is 2.02. The van der Waals surface area contributed by atoms with Gasteiger partial charge in [-0.3, -0.25) is 4.98 Å². The molecule has 0 spiro atoms. The number of rotatable bonds is 0. The van der Waals surface area contributed by atoms with Crippen LogP contribution in [-0.2, 0) is 0 Å². The van der Waals surface area contributed by atoms with Crippen LogP contribution >= 0.6 is 11.3 Å². The molecule has 0 aliphatic carbocycles. The first-order chi connectivity index (χ1) is 4.86. The van der Waals surface area contributed by atoms with Gasteiger partial charge >= 0.3 is 0 Å². The van der Waals surface area contributed by atoms with Crippen LogP contribution in [0.1, 0.15) is 0 Å². The van der Waals surface area contributed by atoms with E-state index in [4.69, 9.17) is 7.85 Å². The minimum absolute atomic E-state index is 0.640. The zero-order chi connectivity index (χ0) is 6.97. The maximum Gasteiger partial charge on any atom is 0.157 e. The predicted molar refractivity (Wildman–Crippen MR) is 45.0 cm³/mol. The fourth-order valence-electron chi connectivity index (χ4n) is 0.890. The fraction of sp³-hybridized carbons (Fsp3) is 0. The largest absolute Gasteiger partial charge is 0.253 e. The minimum atomic E-state index is 0.640. The molecule has 1 aromatic heterocycles. The van der Waals surface area contributed by atoms with Gasteiger partial charge in [-0.1, -0.05) is 12.1 Å². The van der Waals surface area contributed by atoms with Crippen molar-refractivity contribution in [2.45, 2.75) is 0 Å². The summed E-state index contributed by atoms with van der Waals surface area (Å²) in [6.45, 7) is 0. The normalized spacial score (nSPS) is 10.4. The Labute approximate surface area is 64.1 Å². The second-order valence-corrected chi connectivity index (χ2v) is 3.08. The molecule has 0 atom stereocenters. The van der Waals surface area contributed by atoms with Gasteiger partial charge in [-0.25, -0.2) is 0 Å². The van der Waals surface area contributed by atoms with E-state index in [0.717, 1.165) is 10.2 Å². The molecule has 1 aromatic carbocycles. The van der Waals surface area contributed by atoms with E-state index in [1.54, 1.807) is 0 Å². The van der Waals surface area contributed by atoms with Gasteiger partial charge in [0.25, 0.3) is 0 Å². The number of fused-ring (bicyclic) bond motifs is 1. The lowest BCUT2D eigenvalue weighted by atomic mass is 10.2. The van der Waals surface area contributed by atoms with Gasteiger partial charge in [-0.05, 0) is 12.1 Å². The molecule has 0 unspecified atom stereocenters. The van der Waals surface area contributed by atoms with Crippen molar-refractivity contribution in [3.63, 3.8) is 0 Å². The monoisotopic (exact) mass is 145 g/mol. The number of para-hydroxylation sites is 1. The number of benzene rings is 1. The van der Waals surface area contributed by atoms with E-state index in [1.807, 2.05) is 24.3 Å². The van der Waals surface area contributed by atoms with Gasteiger partial charge in [-0.2, -0.15) is 0 Å². The molecule has 0 aliphatic heterocycles. The van der Waals surface area contributed by atoms with Gasteiger partial charge in [0.15, 0.2) is 7.85 Å². The summed E-state index contributed by atoms with van der Waals surface area (Å²) in [5.74, 6) is 0. The lowest BCUT2D eigenvalue weighted by molar-refractivity contribution is 1.55. The van der Waals surface area contributed by atoms with E-state index in [0.29, 0.717) is 4.91 Å². The summed E-state index contributed by atoms with van der Waals surface area (Å²) in [6, 6.07) is 7.92. The summed E-state index contributed by atoms with van der Waals surface area (Å²) < 4.78 is 1.15. The lowest BCUT2D eigenvalue weighted by Gasteiger charge is -1.80. The summed E-state index contributed by atoms with van der Waals surface area (Å²) >= 11 is 1.52. The molecule has 46 valence electrons. The molecule has 1 nitrogen and oxygen atoms in total. The quantitative estimate of drug-likeness (QED) is 0.505. The van der Waals surface area contributed by atoms with Crippen molar-refractivity contribution in [2.24, 2.45) is 0 Å². The molecule has 0 fully saturated rings. The highest BCUT2D eigenvalue weighted by atomic mass is 32.1. The zero-order valence-corrected chi connectivity index (χ0v) is 6.06. The molecule has 2 aromatic rings. The van der Waals surface area contributed by atoms with E-state index < -0.39 is 0 Å². The molecule has 2 rings (SSSR count). The first-order valence-electron chi connectivity index (χ1n) is 2.97. The third-order valence-electron chi connectivity index (χ3n) is 1.31. The van der Waals surface area contributed by atoms with E-state index in [9.17, 15) is 0 Å². The number of hydrogen-bond acceptors (Lipinski definition) is 2. The van der Waals surface area contributed by atoms with Crippen LogP contribution in [0.5, 0.6) is 0 Å². The van der Waals surface area contributed by atoms with Crippen LogP contribution in [0, 0.1) is 0 Å². The summed E-state index contributed by atoms with van der Waals surface area (Å²) in [4.78, 5) is 4.75. The number of nitrogens with zero attached hydrogens (tertiary/aromatic N) is 1. The first kappa shape index (κ1) is 5.92. The molecule has 0 bridgehead atoms. The molecule has 0 saturated carbocycles. The molecule has 2 radical (unpaired) electrons. The average molecular weight is 145 g/mol. The zero-order valence-electron chi connectivity index (χ0n) is 5.24. The maximum atomic E-state index is 5.50. The Bertz CT molecular complexity index is 322. The van der Waals surface area contributed by atoms with Gasteiger partial charge in [0, 0.05) is 4.91 Å². The second kappa shape index (κ2) is 2.09. The van der Waals surface area contributed by atoms with Gasteiger partial charge in [-0.15, -0.1) is 11.3 Å². The number of aromatic nitrogens is 1. The average Bonchev–Trinajstić information content (AvgIpc) is 2.27. The molecule has 1 heterocycles. The Morgan fingerprint density at radius 3 is 2.90 bits per heavy atom. The van der Waals surface area contributed by atoms with Crippen molar-refractivity contribution in [3.8, 4) is 0 Å². The highest BCUT2D eigenvalue weighted by Crippen LogP contribution is 2.13. The van der Waals surface area contributed by atoms with Crippen LogP contribution in [-0.4, -0.2) is 12.8 Å². The van der Waals surface area contributed by atoms with Crippen LogP contribution in [0.2, 0.25) is 0 Å². The molecular weight excluding hydrogens is 141 g/mol. The molecule has 0 saturated heterocycles. The molecule has 0 amide bonds. The maximum absolute atomic E-state index is 5.50. The van der Waals surface area contributed by atoms with E-state index in [2.05, 4.69) is 4.98 Å². The van der Waals surface area contributed by atoms with Crippen molar-refractivity contribution >= 4 is 34.3 Å². The van der Waals surface area contributed by atoms with E-state index in [1.165, 1.54) is 11.3 Å². The van der Waals surface area contributed by atoms with Crippen LogP contribution < -0.4 is 4.91 Å². The van der Waals surface area contributed by atoms with Crippen LogP contribution in [0.25, 0.3) is 10.2 Å². The van der Waals surface area contributed by atoms with Gasteiger partial charge in [0.05, 0.1) is 10.2 Å². The number of hydrogen-bond donors (Lipinski definition) is 0. The van der Waals surface area contributed by atoms with Crippen LogP contribution in [0.15, 0.2) is 24.3 Å². The van der Waals surface area contributed by atoms with Crippen LogP contribution in [0.3, 0.4) is 0 Å². The lowest BCUT2D eigenvalue weighted by Crippen LogP contribution is -1.96.